The topological polar surface area (TPSA) is 21.3 Å². The molecule has 0 aromatic heterocycles. The van der Waals surface area contributed by atoms with E-state index in [0.29, 0.717) is 6.54 Å². The molecule has 1 unspecified atom stereocenters. The second kappa shape index (κ2) is 6.50. The van der Waals surface area contributed by atoms with Crippen LogP contribution in [0.2, 0.25) is 0 Å². The van der Waals surface area contributed by atoms with E-state index in [-0.39, 0.29) is 10.0 Å². The van der Waals surface area contributed by atoms with Crippen LogP contribution in [0.3, 0.4) is 0 Å². The minimum atomic E-state index is -0.540. The van der Waals surface area contributed by atoms with Gasteiger partial charge >= 0.3 is 0 Å². The Bertz CT molecular complexity index is 472. The molecule has 1 N–H and O–H groups in total. The SMILES string of the molecule is CCCNC(c1c(F)ccc(Br)c1F)C1(OC)CCC1. The highest BCUT2D eigenvalue weighted by Gasteiger charge is 2.47. The summed E-state index contributed by atoms with van der Waals surface area (Å²) in [5, 5.41) is 3.26. The van der Waals surface area contributed by atoms with Crippen molar-refractivity contribution in [2.24, 2.45) is 0 Å². The molecule has 112 valence electrons. The molecule has 1 aromatic carbocycles. The third-order valence-electron chi connectivity index (χ3n) is 4.10. The first kappa shape index (κ1) is 15.9. The summed E-state index contributed by atoms with van der Waals surface area (Å²) in [4.78, 5) is 0. The van der Waals surface area contributed by atoms with Crippen LogP contribution in [0.15, 0.2) is 16.6 Å². The lowest BCUT2D eigenvalue weighted by atomic mass is 9.72. The van der Waals surface area contributed by atoms with Crippen LogP contribution >= 0.6 is 15.9 Å². The van der Waals surface area contributed by atoms with Gasteiger partial charge < -0.3 is 10.1 Å². The summed E-state index contributed by atoms with van der Waals surface area (Å²) in [5.74, 6) is -1.07. The fourth-order valence-electron chi connectivity index (χ4n) is 2.78. The van der Waals surface area contributed by atoms with Gasteiger partial charge in [-0.05, 0) is 60.3 Å². The molecule has 1 atom stereocenters. The molecular formula is C15H20BrF2NO. The van der Waals surface area contributed by atoms with Gasteiger partial charge in [-0.15, -0.1) is 0 Å². The normalized spacial score (nSPS) is 18.6. The number of hydrogen-bond acceptors (Lipinski definition) is 2. The lowest BCUT2D eigenvalue weighted by Crippen LogP contribution is -2.51. The zero-order chi connectivity index (χ0) is 14.8. The lowest BCUT2D eigenvalue weighted by Gasteiger charge is -2.47. The van der Waals surface area contributed by atoms with Crippen molar-refractivity contribution in [3.05, 3.63) is 33.8 Å². The Hall–Kier alpha value is -0.520. The lowest BCUT2D eigenvalue weighted by molar-refractivity contribution is -0.101. The Kier molecular flexibility index (Phi) is 5.15. The summed E-state index contributed by atoms with van der Waals surface area (Å²) < 4.78 is 34.5. The van der Waals surface area contributed by atoms with Crippen LogP contribution < -0.4 is 5.32 Å². The maximum atomic E-state index is 14.4. The minimum Gasteiger partial charge on any atom is -0.376 e. The molecule has 0 amide bonds. The molecule has 1 aliphatic rings. The van der Waals surface area contributed by atoms with Crippen LogP contribution in [0.4, 0.5) is 8.78 Å². The second-order valence-electron chi connectivity index (χ2n) is 5.27. The van der Waals surface area contributed by atoms with Crippen LogP contribution in [0.5, 0.6) is 0 Å². The van der Waals surface area contributed by atoms with E-state index in [1.807, 2.05) is 6.92 Å². The van der Waals surface area contributed by atoms with Gasteiger partial charge in [-0.3, -0.25) is 0 Å². The average molecular weight is 348 g/mol. The molecule has 0 bridgehead atoms. The number of halogens is 3. The molecule has 1 saturated carbocycles. The summed E-state index contributed by atoms with van der Waals surface area (Å²) in [7, 11) is 1.62. The molecule has 20 heavy (non-hydrogen) atoms. The Morgan fingerprint density at radius 3 is 2.60 bits per heavy atom. The van der Waals surface area contributed by atoms with Gasteiger partial charge in [-0.2, -0.15) is 0 Å². The van der Waals surface area contributed by atoms with Crippen molar-refractivity contribution in [2.75, 3.05) is 13.7 Å². The summed E-state index contributed by atoms with van der Waals surface area (Å²) in [5.41, 5.74) is -0.424. The first-order valence-corrected chi connectivity index (χ1v) is 7.77. The number of methoxy groups -OCH3 is 1. The number of hydrogen-bond donors (Lipinski definition) is 1. The van der Waals surface area contributed by atoms with Gasteiger partial charge in [0.2, 0.25) is 0 Å². The summed E-state index contributed by atoms with van der Waals surface area (Å²) >= 11 is 3.14. The fraction of sp³-hybridized carbons (Fsp3) is 0.600. The summed E-state index contributed by atoms with van der Waals surface area (Å²) in [6.45, 7) is 2.72. The van der Waals surface area contributed by atoms with E-state index in [1.54, 1.807) is 7.11 Å². The highest BCUT2D eigenvalue weighted by Crippen LogP contribution is 2.46. The monoisotopic (exact) mass is 347 g/mol. The first-order valence-electron chi connectivity index (χ1n) is 6.97. The Morgan fingerprint density at radius 2 is 2.10 bits per heavy atom. The van der Waals surface area contributed by atoms with Crippen LogP contribution in [0.1, 0.15) is 44.2 Å². The van der Waals surface area contributed by atoms with Crippen molar-refractivity contribution in [3.63, 3.8) is 0 Å². The zero-order valence-electron chi connectivity index (χ0n) is 11.8. The zero-order valence-corrected chi connectivity index (χ0v) is 13.4. The standard InChI is InChI=1S/C15H20BrF2NO/c1-3-9-19-14(15(20-2)7-4-8-15)12-11(17)6-5-10(16)13(12)18/h5-6,14,19H,3-4,7-9H2,1-2H3. The van der Waals surface area contributed by atoms with Gasteiger partial charge in [0.15, 0.2) is 0 Å². The molecule has 1 fully saturated rings. The second-order valence-corrected chi connectivity index (χ2v) is 6.12. The number of benzene rings is 1. The van der Waals surface area contributed by atoms with Crippen molar-refractivity contribution < 1.29 is 13.5 Å². The van der Waals surface area contributed by atoms with Gasteiger partial charge in [0, 0.05) is 12.7 Å². The highest BCUT2D eigenvalue weighted by molar-refractivity contribution is 9.10. The van der Waals surface area contributed by atoms with E-state index >= 15 is 0 Å². The molecule has 0 radical (unpaired) electrons. The maximum Gasteiger partial charge on any atom is 0.145 e. The average Bonchev–Trinajstić information content (AvgIpc) is 2.39. The van der Waals surface area contributed by atoms with Crippen molar-refractivity contribution in [2.45, 2.75) is 44.2 Å². The fourth-order valence-corrected chi connectivity index (χ4v) is 3.13. The van der Waals surface area contributed by atoms with Crippen LogP contribution in [0, 0.1) is 11.6 Å². The molecule has 5 heteroatoms. The van der Waals surface area contributed by atoms with E-state index in [2.05, 4.69) is 21.2 Å². The number of nitrogens with one attached hydrogen (secondary N) is 1. The van der Waals surface area contributed by atoms with E-state index in [4.69, 9.17) is 4.74 Å². The third-order valence-corrected chi connectivity index (χ3v) is 4.71. The van der Waals surface area contributed by atoms with Gasteiger partial charge in [-0.25, -0.2) is 8.78 Å². The highest BCUT2D eigenvalue weighted by atomic mass is 79.9. The molecule has 1 aromatic rings. The smallest absolute Gasteiger partial charge is 0.145 e. The van der Waals surface area contributed by atoms with E-state index in [9.17, 15) is 8.78 Å². The minimum absolute atomic E-state index is 0.0781. The molecule has 0 aliphatic heterocycles. The summed E-state index contributed by atoms with van der Waals surface area (Å²) in [6, 6.07) is 2.23. The maximum absolute atomic E-state index is 14.4. The van der Waals surface area contributed by atoms with Crippen molar-refractivity contribution in [1.29, 1.82) is 0 Å². The summed E-state index contributed by atoms with van der Waals surface area (Å²) in [6.07, 6.45) is 3.55. The van der Waals surface area contributed by atoms with Crippen molar-refractivity contribution in [3.8, 4) is 0 Å². The van der Waals surface area contributed by atoms with Crippen LogP contribution in [-0.4, -0.2) is 19.3 Å². The predicted molar refractivity (Wildman–Crippen MR) is 78.7 cm³/mol. The predicted octanol–water partition coefficient (Wildman–Crippen LogP) is 4.34. The molecule has 1 aliphatic carbocycles. The molecule has 2 rings (SSSR count). The van der Waals surface area contributed by atoms with Gasteiger partial charge in [0.05, 0.1) is 16.1 Å². The Morgan fingerprint density at radius 1 is 1.40 bits per heavy atom. The largest absolute Gasteiger partial charge is 0.376 e. The third kappa shape index (κ3) is 2.76. The van der Waals surface area contributed by atoms with E-state index in [1.165, 1.54) is 12.1 Å². The van der Waals surface area contributed by atoms with Gasteiger partial charge in [0.1, 0.15) is 11.6 Å². The Balaban J connectivity index is 2.43. The molecule has 0 saturated heterocycles. The van der Waals surface area contributed by atoms with Crippen LogP contribution in [0.25, 0.3) is 0 Å². The van der Waals surface area contributed by atoms with E-state index < -0.39 is 23.3 Å². The van der Waals surface area contributed by atoms with Crippen LogP contribution in [-0.2, 0) is 4.74 Å². The van der Waals surface area contributed by atoms with E-state index in [0.717, 1.165) is 25.7 Å². The van der Waals surface area contributed by atoms with Gasteiger partial charge in [-0.1, -0.05) is 6.92 Å². The Labute approximate surface area is 127 Å². The quantitative estimate of drug-likeness (QED) is 0.773. The molecular weight excluding hydrogens is 328 g/mol. The first-order chi connectivity index (χ1) is 9.55. The molecule has 2 nitrogen and oxygen atoms in total. The molecule has 0 heterocycles. The van der Waals surface area contributed by atoms with Gasteiger partial charge in [0.25, 0.3) is 0 Å². The number of rotatable bonds is 6. The number of ether oxygens (including phenoxy) is 1. The molecule has 0 spiro atoms. The van der Waals surface area contributed by atoms with Crippen molar-refractivity contribution >= 4 is 15.9 Å². The van der Waals surface area contributed by atoms with Crippen molar-refractivity contribution in [1.82, 2.24) is 5.32 Å².